The second kappa shape index (κ2) is 5.72. The van der Waals surface area contributed by atoms with E-state index in [1.165, 1.54) is 6.26 Å². The fraction of sp³-hybridized carbons (Fsp3) is 0.105. The van der Waals surface area contributed by atoms with Gasteiger partial charge in [0.05, 0.1) is 15.9 Å². The van der Waals surface area contributed by atoms with Gasteiger partial charge in [0.25, 0.3) is 5.56 Å². The Morgan fingerprint density at radius 2 is 1.65 bits per heavy atom. The van der Waals surface area contributed by atoms with Crippen LogP contribution < -0.4 is 5.56 Å². The summed E-state index contributed by atoms with van der Waals surface area (Å²) in [6.45, 7) is 1.75. The summed E-state index contributed by atoms with van der Waals surface area (Å²) in [5.74, 6) is 0. The molecule has 0 fully saturated rings. The highest BCUT2D eigenvalue weighted by Gasteiger charge is 2.16. The highest BCUT2D eigenvalue weighted by molar-refractivity contribution is 7.90. The number of fused-ring (bicyclic) bond motifs is 3. The second-order valence-electron chi connectivity index (χ2n) is 6.32. The van der Waals surface area contributed by atoms with E-state index < -0.39 is 9.84 Å². The Morgan fingerprint density at radius 3 is 2.31 bits per heavy atom. The number of benzene rings is 2. The van der Waals surface area contributed by atoms with Gasteiger partial charge in [-0.3, -0.25) is 4.79 Å². The molecule has 0 atom stereocenters. The molecule has 0 aliphatic carbocycles. The zero-order chi connectivity index (χ0) is 18.6. The summed E-state index contributed by atoms with van der Waals surface area (Å²) in [6, 6.07) is 12.0. The number of sulfone groups is 1. The van der Waals surface area contributed by atoms with Gasteiger partial charge < -0.3 is 9.97 Å². The number of H-pyrrole nitrogens is 2. The van der Waals surface area contributed by atoms with Crippen LogP contribution in [0.1, 0.15) is 5.56 Å². The first-order valence-electron chi connectivity index (χ1n) is 7.90. The van der Waals surface area contributed by atoms with Gasteiger partial charge in [-0.2, -0.15) is 0 Å². The maximum atomic E-state index is 12.5. The van der Waals surface area contributed by atoms with Crippen molar-refractivity contribution in [3.8, 4) is 11.1 Å². The molecule has 0 saturated heterocycles. The third kappa shape index (κ3) is 2.62. The van der Waals surface area contributed by atoms with E-state index >= 15 is 0 Å². The highest BCUT2D eigenvalue weighted by atomic mass is 35.5. The van der Waals surface area contributed by atoms with Crippen molar-refractivity contribution in [1.29, 1.82) is 0 Å². The van der Waals surface area contributed by atoms with Gasteiger partial charge in [0.15, 0.2) is 9.84 Å². The van der Waals surface area contributed by atoms with E-state index in [2.05, 4.69) is 9.97 Å². The Balaban J connectivity index is 2.07. The van der Waals surface area contributed by atoms with Crippen LogP contribution >= 0.6 is 11.6 Å². The molecule has 7 heteroatoms. The first-order chi connectivity index (χ1) is 12.3. The van der Waals surface area contributed by atoms with Gasteiger partial charge in [0, 0.05) is 33.3 Å². The molecule has 0 saturated carbocycles. The lowest BCUT2D eigenvalue weighted by atomic mass is 10.0. The van der Waals surface area contributed by atoms with Crippen LogP contribution in [0.15, 0.2) is 52.2 Å². The molecule has 2 heterocycles. The molecule has 132 valence electrons. The summed E-state index contributed by atoms with van der Waals surface area (Å²) >= 11 is 6.10. The second-order valence-corrected chi connectivity index (χ2v) is 8.77. The lowest BCUT2D eigenvalue weighted by molar-refractivity contribution is 0.602. The third-order valence-electron chi connectivity index (χ3n) is 4.54. The van der Waals surface area contributed by atoms with Gasteiger partial charge in [-0.1, -0.05) is 23.7 Å². The molecular weight excluding hydrogens is 372 g/mol. The normalized spacial score (nSPS) is 12.1. The molecule has 4 rings (SSSR count). The smallest absolute Gasteiger partial charge is 0.252 e. The third-order valence-corrected chi connectivity index (χ3v) is 5.90. The molecule has 0 radical (unpaired) electrons. The van der Waals surface area contributed by atoms with Crippen LogP contribution in [0.5, 0.6) is 0 Å². The van der Waals surface area contributed by atoms with Crippen molar-refractivity contribution in [2.75, 3.05) is 6.26 Å². The van der Waals surface area contributed by atoms with Gasteiger partial charge in [-0.05, 0) is 42.8 Å². The number of hydrogen-bond acceptors (Lipinski definition) is 3. The first-order valence-corrected chi connectivity index (χ1v) is 10.2. The number of pyridine rings is 1. The minimum atomic E-state index is -3.28. The van der Waals surface area contributed by atoms with Crippen molar-refractivity contribution in [3.05, 3.63) is 63.4 Å². The topological polar surface area (TPSA) is 82.8 Å². The van der Waals surface area contributed by atoms with Crippen molar-refractivity contribution in [3.63, 3.8) is 0 Å². The highest BCUT2D eigenvalue weighted by Crippen LogP contribution is 2.34. The Kier molecular flexibility index (Phi) is 3.71. The lowest BCUT2D eigenvalue weighted by Gasteiger charge is -2.08. The molecule has 2 aromatic heterocycles. The van der Waals surface area contributed by atoms with Crippen molar-refractivity contribution in [2.45, 2.75) is 11.8 Å². The SMILES string of the molecule is Cc1c(-c2ccc(S(C)(=O)=O)cc2)c2[nH]c3ccc(Cl)cc3c2[nH]c1=O. The molecular formula is C19H15ClN2O3S. The van der Waals surface area contributed by atoms with Crippen molar-refractivity contribution in [1.82, 2.24) is 9.97 Å². The molecule has 0 unspecified atom stereocenters. The minimum Gasteiger partial charge on any atom is -0.353 e. The predicted octanol–water partition coefficient (Wildman–Crippen LogP) is 4.04. The summed E-state index contributed by atoms with van der Waals surface area (Å²) in [5, 5.41) is 1.41. The summed E-state index contributed by atoms with van der Waals surface area (Å²) in [6.07, 6.45) is 1.17. The standard InChI is InChI=1S/C19H15ClN2O3S/c1-10-16(11-3-6-13(7-4-11)26(2,24)25)18-17(22-19(10)23)14-9-12(20)5-8-15(14)21-18/h3-9,21H,1-2H3,(H,22,23). The number of rotatable bonds is 2. The van der Waals surface area contributed by atoms with Crippen LogP contribution in [-0.4, -0.2) is 24.6 Å². The van der Waals surface area contributed by atoms with Crippen molar-refractivity contribution < 1.29 is 8.42 Å². The van der Waals surface area contributed by atoms with Crippen molar-refractivity contribution in [2.24, 2.45) is 0 Å². The molecule has 4 aromatic rings. The Bertz CT molecular complexity index is 1330. The molecule has 0 aliphatic rings. The van der Waals surface area contributed by atoms with Crippen molar-refractivity contribution >= 4 is 43.4 Å². The molecule has 2 N–H and O–H groups in total. The first kappa shape index (κ1) is 16.9. The molecule has 0 spiro atoms. The lowest BCUT2D eigenvalue weighted by Crippen LogP contribution is -2.11. The van der Waals surface area contributed by atoms with Crippen LogP contribution in [0.25, 0.3) is 33.1 Å². The monoisotopic (exact) mass is 386 g/mol. The van der Waals surface area contributed by atoms with Crippen LogP contribution in [0.3, 0.4) is 0 Å². The Hall–Kier alpha value is -2.57. The van der Waals surface area contributed by atoms with E-state index in [-0.39, 0.29) is 10.5 Å². The molecule has 0 aliphatic heterocycles. The van der Waals surface area contributed by atoms with Crippen LogP contribution in [0.4, 0.5) is 0 Å². The molecule has 2 aromatic carbocycles. The van der Waals surface area contributed by atoms with Gasteiger partial charge >= 0.3 is 0 Å². The molecule has 5 nitrogen and oxygen atoms in total. The summed E-state index contributed by atoms with van der Waals surface area (Å²) < 4.78 is 23.4. The van der Waals surface area contributed by atoms with Gasteiger partial charge in [0.2, 0.25) is 0 Å². The van der Waals surface area contributed by atoms with Gasteiger partial charge in [0.1, 0.15) is 0 Å². The van der Waals surface area contributed by atoms with Crippen LogP contribution in [0, 0.1) is 6.92 Å². The maximum absolute atomic E-state index is 12.5. The largest absolute Gasteiger partial charge is 0.353 e. The van der Waals surface area contributed by atoms with E-state index in [9.17, 15) is 13.2 Å². The number of nitrogens with one attached hydrogen (secondary N) is 2. The quantitative estimate of drug-likeness (QED) is 0.545. The number of hydrogen-bond donors (Lipinski definition) is 2. The minimum absolute atomic E-state index is 0.194. The van der Waals surface area contributed by atoms with E-state index in [4.69, 9.17) is 11.6 Å². The fourth-order valence-corrected chi connectivity index (χ4v) is 4.02. The summed E-state index contributed by atoms with van der Waals surface area (Å²) in [5.41, 5.74) is 4.20. The average Bonchev–Trinajstić information content (AvgIpc) is 2.92. The molecule has 0 amide bonds. The van der Waals surface area contributed by atoms with Gasteiger partial charge in [-0.15, -0.1) is 0 Å². The number of halogens is 1. The molecule has 26 heavy (non-hydrogen) atoms. The zero-order valence-corrected chi connectivity index (χ0v) is 15.6. The van der Waals surface area contributed by atoms with E-state index in [1.54, 1.807) is 43.3 Å². The number of aromatic nitrogens is 2. The Labute approximate surface area is 154 Å². The van der Waals surface area contributed by atoms with Crippen LogP contribution in [0.2, 0.25) is 5.02 Å². The zero-order valence-electron chi connectivity index (χ0n) is 14.1. The van der Waals surface area contributed by atoms with Crippen LogP contribution in [-0.2, 0) is 9.84 Å². The fourth-order valence-electron chi connectivity index (χ4n) is 3.22. The summed E-state index contributed by atoms with van der Waals surface area (Å²) in [7, 11) is -3.28. The average molecular weight is 387 g/mol. The predicted molar refractivity (Wildman–Crippen MR) is 105 cm³/mol. The van der Waals surface area contributed by atoms with Gasteiger partial charge in [-0.25, -0.2) is 8.42 Å². The number of aromatic amines is 2. The van der Waals surface area contributed by atoms with E-state index in [1.807, 2.05) is 6.07 Å². The Morgan fingerprint density at radius 1 is 0.962 bits per heavy atom. The molecule has 0 bridgehead atoms. The maximum Gasteiger partial charge on any atom is 0.252 e. The summed E-state index contributed by atoms with van der Waals surface area (Å²) in [4.78, 5) is 19.0. The van der Waals surface area contributed by atoms with E-state index in [0.29, 0.717) is 16.1 Å². The van der Waals surface area contributed by atoms with E-state index in [0.717, 1.165) is 27.5 Å².